The quantitative estimate of drug-likeness (QED) is 0.724. The highest BCUT2D eigenvalue weighted by atomic mass is 16.4. The molecule has 1 aliphatic heterocycles. The maximum atomic E-state index is 11.0. The van der Waals surface area contributed by atoms with Gasteiger partial charge in [0, 0.05) is 13.1 Å². The van der Waals surface area contributed by atoms with Gasteiger partial charge in [-0.05, 0) is 33.2 Å². The number of rotatable bonds is 4. The van der Waals surface area contributed by atoms with Gasteiger partial charge in [-0.3, -0.25) is 9.69 Å². The summed E-state index contributed by atoms with van der Waals surface area (Å²) in [5.41, 5.74) is 0.673. The molecule has 3 nitrogen and oxygen atoms in total. The first-order valence-corrected chi connectivity index (χ1v) is 5.59. The molecule has 0 unspecified atom stereocenters. The minimum absolute atomic E-state index is 0.625. The van der Waals surface area contributed by atoms with Crippen LogP contribution >= 0.6 is 0 Å². The molecule has 0 aromatic carbocycles. The molecule has 0 aromatic heterocycles. The van der Waals surface area contributed by atoms with Crippen molar-refractivity contribution in [3.8, 4) is 0 Å². The average molecular weight is 211 g/mol. The summed E-state index contributed by atoms with van der Waals surface area (Å²) in [4.78, 5) is 13.3. The van der Waals surface area contributed by atoms with Gasteiger partial charge >= 0.3 is 5.97 Å². The Morgan fingerprint density at radius 3 is 2.67 bits per heavy atom. The first-order valence-electron chi connectivity index (χ1n) is 5.59. The van der Waals surface area contributed by atoms with Gasteiger partial charge in [-0.25, -0.2) is 0 Å². The van der Waals surface area contributed by atoms with Crippen molar-refractivity contribution in [2.75, 3.05) is 19.6 Å². The number of likely N-dealkylation sites (N-methyl/N-ethyl adjacent to an activating group) is 1. The monoisotopic (exact) mass is 211 g/mol. The molecule has 0 atom stereocenters. The second kappa shape index (κ2) is 4.79. The molecule has 0 saturated carbocycles. The highest BCUT2D eigenvalue weighted by Crippen LogP contribution is 2.28. The molecule has 1 N–H and O–H groups in total. The first-order chi connectivity index (χ1) is 6.95. The average Bonchev–Trinajstić information content (AvgIpc) is 2.18. The Morgan fingerprint density at radius 2 is 2.27 bits per heavy atom. The van der Waals surface area contributed by atoms with Gasteiger partial charge in [0.25, 0.3) is 0 Å². The van der Waals surface area contributed by atoms with Crippen molar-refractivity contribution >= 4 is 5.97 Å². The van der Waals surface area contributed by atoms with Crippen LogP contribution in [0.3, 0.4) is 0 Å². The van der Waals surface area contributed by atoms with E-state index in [0.717, 1.165) is 26.1 Å². The minimum Gasteiger partial charge on any atom is -0.481 e. The highest BCUT2D eigenvalue weighted by molar-refractivity contribution is 5.74. The molecular weight excluding hydrogens is 190 g/mol. The van der Waals surface area contributed by atoms with E-state index in [4.69, 9.17) is 5.11 Å². The predicted octanol–water partition coefficient (Wildman–Crippen LogP) is 2.14. The lowest BCUT2D eigenvalue weighted by atomic mass is 9.84. The topological polar surface area (TPSA) is 40.5 Å². The zero-order chi connectivity index (χ0) is 11.5. The predicted molar refractivity (Wildman–Crippen MR) is 60.8 cm³/mol. The third-order valence-electron chi connectivity index (χ3n) is 3.08. The smallest absolute Gasteiger partial charge is 0.309 e. The number of hydrogen-bond acceptors (Lipinski definition) is 2. The Hall–Kier alpha value is -0.830. The van der Waals surface area contributed by atoms with E-state index in [-0.39, 0.29) is 0 Å². The van der Waals surface area contributed by atoms with Gasteiger partial charge in [-0.1, -0.05) is 18.6 Å². The molecule has 0 saturated heterocycles. The van der Waals surface area contributed by atoms with Gasteiger partial charge in [0.1, 0.15) is 0 Å². The zero-order valence-electron chi connectivity index (χ0n) is 9.92. The minimum atomic E-state index is -0.707. The molecule has 15 heavy (non-hydrogen) atoms. The van der Waals surface area contributed by atoms with Gasteiger partial charge in [0.05, 0.1) is 5.41 Å². The van der Waals surface area contributed by atoms with Crippen molar-refractivity contribution in [3.05, 3.63) is 11.6 Å². The van der Waals surface area contributed by atoms with E-state index in [0.29, 0.717) is 6.42 Å². The molecule has 0 aliphatic carbocycles. The van der Waals surface area contributed by atoms with Crippen LogP contribution in [0.25, 0.3) is 0 Å². The van der Waals surface area contributed by atoms with Gasteiger partial charge in [0.2, 0.25) is 0 Å². The number of carbonyl (C=O) groups is 1. The zero-order valence-corrected chi connectivity index (χ0v) is 9.92. The normalized spacial score (nSPS) is 18.7. The number of nitrogens with zero attached hydrogens (tertiary/aromatic N) is 1. The van der Waals surface area contributed by atoms with Crippen LogP contribution in [0.4, 0.5) is 0 Å². The largest absolute Gasteiger partial charge is 0.481 e. The Balaban J connectivity index is 2.54. The number of aliphatic carboxylic acids is 1. The van der Waals surface area contributed by atoms with Crippen molar-refractivity contribution in [2.45, 2.75) is 33.6 Å². The van der Waals surface area contributed by atoms with Crippen molar-refractivity contribution < 1.29 is 9.90 Å². The molecule has 86 valence electrons. The van der Waals surface area contributed by atoms with Crippen LogP contribution in [-0.2, 0) is 4.79 Å². The molecule has 0 amide bonds. The lowest BCUT2D eigenvalue weighted by Gasteiger charge is -2.28. The van der Waals surface area contributed by atoms with Gasteiger partial charge in [-0.2, -0.15) is 0 Å². The van der Waals surface area contributed by atoms with Crippen LogP contribution in [0, 0.1) is 5.41 Å². The van der Waals surface area contributed by atoms with Crippen molar-refractivity contribution in [2.24, 2.45) is 5.41 Å². The van der Waals surface area contributed by atoms with E-state index < -0.39 is 11.4 Å². The summed E-state index contributed by atoms with van der Waals surface area (Å²) in [7, 11) is 0. The van der Waals surface area contributed by atoms with Gasteiger partial charge in [-0.15, -0.1) is 0 Å². The van der Waals surface area contributed by atoms with E-state index >= 15 is 0 Å². The van der Waals surface area contributed by atoms with E-state index in [9.17, 15) is 4.79 Å². The molecule has 0 radical (unpaired) electrons. The molecule has 0 aromatic rings. The van der Waals surface area contributed by atoms with E-state index in [1.54, 1.807) is 13.8 Å². The van der Waals surface area contributed by atoms with Crippen LogP contribution in [0.5, 0.6) is 0 Å². The second-order valence-electron chi connectivity index (χ2n) is 4.87. The SMILES string of the molecule is CCN1CC=C(CC(C)(C)C(=O)O)CC1. The summed E-state index contributed by atoms with van der Waals surface area (Å²) in [6.45, 7) is 8.86. The fourth-order valence-electron chi connectivity index (χ4n) is 1.84. The molecule has 1 heterocycles. The van der Waals surface area contributed by atoms with Crippen LogP contribution in [0.2, 0.25) is 0 Å². The standard InChI is InChI=1S/C12H21NO2/c1-4-13-7-5-10(6-8-13)9-12(2,3)11(14)15/h5H,4,6-9H2,1-3H3,(H,14,15). The van der Waals surface area contributed by atoms with Crippen LogP contribution in [-0.4, -0.2) is 35.6 Å². The van der Waals surface area contributed by atoms with Crippen LogP contribution in [0.15, 0.2) is 11.6 Å². The van der Waals surface area contributed by atoms with Crippen molar-refractivity contribution in [1.29, 1.82) is 0 Å². The Labute approximate surface area is 91.8 Å². The van der Waals surface area contributed by atoms with Gasteiger partial charge < -0.3 is 5.11 Å². The Bertz CT molecular complexity index is 269. The lowest BCUT2D eigenvalue weighted by molar-refractivity contribution is -0.146. The maximum absolute atomic E-state index is 11.0. The summed E-state index contributed by atoms with van der Waals surface area (Å²) in [6.07, 6.45) is 3.89. The number of carboxylic acid groups (broad SMARTS) is 1. The Morgan fingerprint density at radius 1 is 1.60 bits per heavy atom. The maximum Gasteiger partial charge on any atom is 0.309 e. The van der Waals surface area contributed by atoms with Crippen LogP contribution < -0.4 is 0 Å². The third-order valence-corrected chi connectivity index (χ3v) is 3.08. The molecule has 0 fully saturated rings. The number of hydrogen-bond donors (Lipinski definition) is 1. The molecule has 3 heteroatoms. The fraction of sp³-hybridized carbons (Fsp3) is 0.750. The summed E-state index contributed by atoms with van der Waals surface area (Å²) in [6, 6.07) is 0. The van der Waals surface area contributed by atoms with Crippen molar-refractivity contribution in [1.82, 2.24) is 4.90 Å². The summed E-state index contributed by atoms with van der Waals surface area (Å²) in [5.74, 6) is -0.707. The fourth-order valence-corrected chi connectivity index (χ4v) is 1.84. The first kappa shape index (κ1) is 12.2. The molecule has 1 aliphatic rings. The van der Waals surface area contributed by atoms with E-state index in [2.05, 4.69) is 17.9 Å². The summed E-state index contributed by atoms with van der Waals surface area (Å²) >= 11 is 0. The molecule has 0 bridgehead atoms. The highest BCUT2D eigenvalue weighted by Gasteiger charge is 2.28. The van der Waals surface area contributed by atoms with E-state index in [1.165, 1.54) is 5.57 Å². The van der Waals surface area contributed by atoms with Gasteiger partial charge in [0.15, 0.2) is 0 Å². The van der Waals surface area contributed by atoms with Crippen molar-refractivity contribution in [3.63, 3.8) is 0 Å². The molecule has 1 rings (SSSR count). The summed E-state index contributed by atoms with van der Waals surface area (Å²) < 4.78 is 0. The third kappa shape index (κ3) is 3.34. The Kier molecular flexibility index (Phi) is 3.91. The van der Waals surface area contributed by atoms with Crippen LogP contribution in [0.1, 0.15) is 33.6 Å². The lowest BCUT2D eigenvalue weighted by Crippen LogP contribution is -2.31. The summed E-state index contributed by atoms with van der Waals surface area (Å²) in [5, 5.41) is 9.03. The molecule has 0 spiro atoms. The molecular formula is C12H21NO2. The van der Waals surface area contributed by atoms with E-state index in [1.807, 2.05) is 0 Å². The second-order valence-corrected chi connectivity index (χ2v) is 4.87. The number of carboxylic acids is 1.